The molecule has 3 heterocycles. The van der Waals surface area contributed by atoms with Crippen LogP contribution < -0.4 is 10.6 Å². The van der Waals surface area contributed by atoms with E-state index in [9.17, 15) is 0 Å². The summed E-state index contributed by atoms with van der Waals surface area (Å²) in [5.74, 6) is 1.44. The number of nitrogens with zero attached hydrogens (tertiary/aromatic N) is 4. The second-order valence-corrected chi connectivity index (χ2v) is 8.95. The van der Waals surface area contributed by atoms with Crippen molar-refractivity contribution in [3.63, 3.8) is 0 Å². The van der Waals surface area contributed by atoms with Crippen LogP contribution in [0.3, 0.4) is 0 Å². The SMILES string of the molecule is Cc1nc2cc(Nc3cc(-c4ccncc4)nc(NC4CCCCC4)n3)ccc2s1. The summed E-state index contributed by atoms with van der Waals surface area (Å²) in [7, 11) is 0. The summed E-state index contributed by atoms with van der Waals surface area (Å²) in [5.41, 5.74) is 3.87. The molecule has 1 aliphatic carbocycles. The van der Waals surface area contributed by atoms with Gasteiger partial charge in [0.1, 0.15) is 5.82 Å². The van der Waals surface area contributed by atoms with Crippen LogP contribution in [0.15, 0.2) is 48.8 Å². The number of aromatic nitrogens is 4. The molecule has 7 heteroatoms. The third-order valence-electron chi connectivity index (χ3n) is 5.41. The lowest BCUT2D eigenvalue weighted by Crippen LogP contribution is -2.23. The second-order valence-electron chi connectivity index (χ2n) is 7.72. The molecular weight excluding hydrogens is 392 g/mol. The van der Waals surface area contributed by atoms with Gasteiger partial charge in [0, 0.05) is 35.8 Å². The zero-order chi connectivity index (χ0) is 20.3. The Labute approximate surface area is 179 Å². The van der Waals surface area contributed by atoms with Crippen molar-refractivity contribution in [2.75, 3.05) is 10.6 Å². The van der Waals surface area contributed by atoms with E-state index in [1.807, 2.05) is 25.1 Å². The summed E-state index contributed by atoms with van der Waals surface area (Å²) in [6, 6.07) is 12.6. The normalized spacial score (nSPS) is 14.7. The van der Waals surface area contributed by atoms with E-state index in [2.05, 4.69) is 38.8 Å². The van der Waals surface area contributed by atoms with Gasteiger partial charge in [0.25, 0.3) is 0 Å². The smallest absolute Gasteiger partial charge is 0.225 e. The molecule has 0 aliphatic heterocycles. The molecule has 0 bridgehead atoms. The summed E-state index contributed by atoms with van der Waals surface area (Å²) >= 11 is 1.71. The molecule has 0 atom stereocenters. The van der Waals surface area contributed by atoms with Crippen molar-refractivity contribution in [2.45, 2.75) is 45.1 Å². The highest BCUT2D eigenvalue weighted by molar-refractivity contribution is 7.18. The zero-order valence-electron chi connectivity index (χ0n) is 16.9. The van der Waals surface area contributed by atoms with E-state index in [1.165, 1.54) is 36.8 Å². The van der Waals surface area contributed by atoms with E-state index in [0.717, 1.165) is 33.3 Å². The molecule has 0 radical (unpaired) electrons. The third-order valence-corrected chi connectivity index (χ3v) is 6.36. The fourth-order valence-corrected chi connectivity index (χ4v) is 4.75. The molecule has 0 spiro atoms. The molecule has 0 saturated heterocycles. The lowest BCUT2D eigenvalue weighted by Gasteiger charge is -2.23. The van der Waals surface area contributed by atoms with Crippen LogP contribution in [0.2, 0.25) is 0 Å². The van der Waals surface area contributed by atoms with E-state index in [4.69, 9.17) is 9.97 Å². The van der Waals surface area contributed by atoms with E-state index < -0.39 is 0 Å². The van der Waals surface area contributed by atoms with Gasteiger partial charge in [-0.25, -0.2) is 9.97 Å². The van der Waals surface area contributed by atoms with Gasteiger partial charge in [-0.15, -0.1) is 11.3 Å². The summed E-state index contributed by atoms with van der Waals surface area (Å²) in [4.78, 5) is 18.3. The first-order valence-corrected chi connectivity index (χ1v) is 11.2. The minimum atomic E-state index is 0.439. The van der Waals surface area contributed by atoms with Gasteiger partial charge in [-0.2, -0.15) is 4.98 Å². The van der Waals surface area contributed by atoms with Crippen LogP contribution in [0.25, 0.3) is 21.5 Å². The van der Waals surface area contributed by atoms with Gasteiger partial charge in [0.05, 0.1) is 20.9 Å². The molecule has 6 nitrogen and oxygen atoms in total. The van der Waals surface area contributed by atoms with E-state index in [1.54, 1.807) is 23.7 Å². The monoisotopic (exact) mass is 416 g/mol. The van der Waals surface area contributed by atoms with E-state index >= 15 is 0 Å². The van der Waals surface area contributed by atoms with Crippen molar-refractivity contribution in [3.05, 3.63) is 53.8 Å². The van der Waals surface area contributed by atoms with Crippen molar-refractivity contribution in [3.8, 4) is 11.3 Å². The number of nitrogens with one attached hydrogen (secondary N) is 2. The summed E-state index contributed by atoms with van der Waals surface area (Å²) in [6.45, 7) is 2.03. The lowest BCUT2D eigenvalue weighted by atomic mass is 9.96. The molecular formula is C23H24N6S. The molecule has 2 N–H and O–H groups in total. The van der Waals surface area contributed by atoms with Crippen LogP contribution in [-0.2, 0) is 0 Å². The number of hydrogen-bond acceptors (Lipinski definition) is 7. The van der Waals surface area contributed by atoms with E-state index in [-0.39, 0.29) is 0 Å². The highest BCUT2D eigenvalue weighted by Crippen LogP contribution is 2.28. The number of hydrogen-bond donors (Lipinski definition) is 2. The molecule has 3 aromatic heterocycles. The molecule has 5 rings (SSSR count). The van der Waals surface area contributed by atoms with Gasteiger partial charge in [0.2, 0.25) is 5.95 Å². The quantitative estimate of drug-likeness (QED) is 0.419. The number of anilines is 3. The highest BCUT2D eigenvalue weighted by Gasteiger charge is 2.16. The average Bonchev–Trinajstić information content (AvgIpc) is 3.14. The zero-order valence-corrected chi connectivity index (χ0v) is 17.7. The summed E-state index contributed by atoms with van der Waals surface area (Å²) in [5, 5.41) is 8.08. The van der Waals surface area contributed by atoms with Gasteiger partial charge in [-0.05, 0) is 50.1 Å². The molecule has 0 amide bonds. The van der Waals surface area contributed by atoms with Crippen LogP contribution in [0.1, 0.15) is 37.1 Å². The first kappa shape index (κ1) is 18.9. The maximum absolute atomic E-state index is 4.79. The molecule has 1 aromatic carbocycles. The molecule has 1 fully saturated rings. The lowest BCUT2D eigenvalue weighted by molar-refractivity contribution is 0.461. The van der Waals surface area contributed by atoms with E-state index in [0.29, 0.717) is 12.0 Å². The average molecular weight is 417 g/mol. The van der Waals surface area contributed by atoms with Crippen molar-refractivity contribution >= 4 is 39.0 Å². The fraction of sp³-hybridized carbons (Fsp3) is 0.304. The predicted molar refractivity (Wildman–Crippen MR) is 123 cm³/mol. The van der Waals surface area contributed by atoms with Gasteiger partial charge >= 0.3 is 0 Å². The first-order chi connectivity index (χ1) is 14.7. The Morgan fingerprint density at radius 1 is 0.933 bits per heavy atom. The van der Waals surface area contributed by atoms with Crippen LogP contribution in [-0.4, -0.2) is 26.0 Å². The Hall–Kier alpha value is -3.06. The standard InChI is InChI=1S/C23H24N6S/c1-15-25-20-13-18(7-8-21(20)30-15)26-22-14-19(16-9-11-24-12-10-16)28-23(29-22)27-17-5-3-2-4-6-17/h7-14,17H,2-6H2,1H3,(H2,26,27,28,29). The van der Waals surface area contributed by atoms with Crippen LogP contribution in [0, 0.1) is 6.92 Å². The molecule has 4 aromatic rings. The van der Waals surface area contributed by atoms with Crippen LogP contribution in [0.4, 0.5) is 17.5 Å². The van der Waals surface area contributed by atoms with Crippen molar-refractivity contribution in [2.24, 2.45) is 0 Å². The number of benzene rings is 1. The van der Waals surface area contributed by atoms with Gasteiger partial charge < -0.3 is 10.6 Å². The largest absolute Gasteiger partial charge is 0.351 e. The minimum absolute atomic E-state index is 0.439. The maximum Gasteiger partial charge on any atom is 0.225 e. The number of thiazole rings is 1. The number of pyridine rings is 1. The Bertz CT molecular complexity index is 1150. The fourth-order valence-electron chi connectivity index (χ4n) is 3.94. The van der Waals surface area contributed by atoms with Crippen LogP contribution >= 0.6 is 11.3 Å². The molecule has 30 heavy (non-hydrogen) atoms. The molecule has 0 unspecified atom stereocenters. The Morgan fingerprint density at radius 2 is 1.77 bits per heavy atom. The summed E-state index contributed by atoms with van der Waals surface area (Å²) in [6.07, 6.45) is 9.77. The predicted octanol–water partition coefficient (Wildman–Crippen LogP) is 5.94. The number of aryl methyl sites for hydroxylation is 1. The number of fused-ring (bicyclic) bond motifs is 1. The number of rotatable bonds is 5. The topological polar surface area (TPSA) is 75.6 Å². The Balaban J connectivity index is 1.47. The van der Waals surface area contributed by atoms with Gasteiger partial charge in [0.15, 0.2) is 0 Å². The molecule has 1 saturated carbocycles. The minimum Gasteiger partial charge on any atom is -0.351 e. The Kier molecular flexibility index (Phi) is 5.27. The molecule has 152 valence electrons. The molecule has 1 aliphatic rings. The maximum atomic E-state index is 4.79. The summed E-state index contributed by atoms with van der Waals surface area (Å²) < 4.78 is 1.19. The van der Waals surface area contributed by atoms with Crippen LogP contribution in [0.5, 0.6) is 0 Å². The highest BCUT2D eigenvalue weighted by atomic mass is 32.1. The van der Waals surface area contributed by atoms with Crippen molar-refractivity contribution in [1.29, 1.82) is 0 Å². The first-order valence-electron chi connectivity index (χ1n) is 10.4. The van der Waals surface area contributed by atoms with Crippen molar-refractivity contribution < 1.29 is 0 Å². The van der Waals surface area contributed by atoms with Crippen molar-refractivity contribution in [1.82, 2.24) is 19.9 Å². The van der Waals surface area contributed by atoms with Gasteiger partial charge in [-0.1, -0.05) is 19.3 Å². The Morgan fingerprint density at radius 3 is 2.60 bits per heavy atom. The van der Waals surface area contributed by atoms with Gasteiger partial charge in [-0.3, -0.25) is 4.98 Å². The third kappa shape index (κ3) is 4.26. The second kappa shape index (κ2) is 8.36.